The Morgan fingerprint density at radius 3 is 2.44 bits per heavy atom. The molecule has 0 fully saturated rings. The van der Waals surface area contributed by atoms with Gasteiger partial charge in [0.2, 0.25) is 0 Å². The van der Waals surface area contributed by atoms with Crippen LogP contribution in [0.3, 0.4) is 0 Å². The number of aromatic nitrogens is 1. The molecule has 0 aliphatic heterocycles. The Balaban J connectivity index is 2.17. The standard InChI is InChI=1S/C18H17Cl2NO4/c1-2-25-17(24)9-8-16(23)18-15(22)7-6-11(21-18)10-12-13(19)4-3-5-14(12)20/h3-7,22H,2,8-10H2,1H3. The molecular weight excluding hydrogens is 365 g/mol. The van der Waals surface area contributed by atoms with Crippen LogP contribution in [0.15, 0.2) is 30.3 Å². The van der Waals surface area contributed by atoms with Gasteiger partial charge in [-0.25, -0.2) is 4.98 Å². The molecule has 0 bridgehead atoms. The molecule has 0 atom stereocenters. The first-order valence-electron chi connectivity index (χ1n) is 7.73. The maximum Gasteiger partial charge on any atom is 0.306 e. The number of nitrogens with zero attached hydrogens (tertiary/aromatic N) is 1. The van der Waals surface area contributed by atoms with E-state index in [1.807, 2.05) is 0 Å². The number of carbonyl (C=O) groups excluding carboxylic acids is 2. The number of esters is 1. The van der Waals surface area contributed by atoms with Crippen LogP contribution in [0.1, 0.15) is 41.5 Å². The number of aromatic hydroxyl groups is 1. The Morgan fingerprint density at radius 2 is 1.80 bits per heavy atom. The van der Waals surface area contributed by atoms with Gasteiger partial charge >= 0.3 is 5.97 Å². The van der Waals surface area contributed by atoms with E-state index in [9.17, 15) is 14.7 Å². The van der Waals surface area contributed by atoms with Gasteiger partial charge in [0.1, 0.15) is 11.4 Å². The molecule has 0 unspecified atom stereocenters. The van der Waals surface area contributed by atoms with Gasteiger partial charge in [-0.15, -0.1) is 0 Å². The highest BCUT2D eigenvalue weighted by atomic mass is 35.5. The van der Waals surface area contributed by atoms with Gasteiger partial charge in [-0.1, -0.05) is 29.3 Å². The summed E-state index contributed by atoms with van der Waals surface area (Å²) in [7, 11) is 0. The quantitative estimate of drug-likeness (QED) is 0.574. The summed E-state index contributed by atoms with van der Waals surface area (Å²) in [6.45, 7) is 1.95. The number of hydrogen-bond donors (Lipinski definition) is 1. The van der Waals surface area contributed by atoms with Crippen molar-refractivity contribution in [3.63, 3.8) is 0 Å². The molecule has 2 rings (SSSR count). The van der Waals surface area contributed by atoms with Gasteiger partial charge in [0.15, 0.2) is 5.78 Å². The van der Waals surface area contributed by atoms with Crippen molar-refractivity contribution in [3.8, 4) is 5.75 Å². The minimum atomic E-state index is -0.464. The van der Waals surface area contributed by atoms with Crippen LogP contribution in [0, 0.1) is 0 Å². The maximum absolute atomic E-state index is 12.2. The number of Topliss-reactive ketones (excluding diaryl/α,β-unsaturated/α-hetero) is 1. The van der Waals surface area contributed by atoms with Gasteiger partial charge in [-0.3, -0.25) is 9.59 Å². The molecule has 0 amide bonds. The number of rotatable bonds is 7. The van der Waals surface area contributed by atoms with Crippen molar-refractivity contribution < 1.29 is 19.4 Å². The van der Waals surface area contributed by atoms with Gasteiger partial charge < -0.3 is 9.84 Å². The number of hydrogen-bond acceptors (Lipinski definition) is 5. The van der Waals surface area contributed by atoms with E-state index in [0.717, 1.165) is 0 Å². The van der Waals surface area contributed by atoms with Gasteiger partial charge in [0.25, 0.3) is 0 Å². The summed E-state index contributed by atoms with van der Waals surface area (Å²) in [5.41, 5.74) is 1.14. The van der Waals surface area contributed by atoms with Crippen LogP contribution in [-0.4, -0.2) is 28.4 Å². The molecule has 25 heavy (non-hydrogen) atoms. The second-order valence-electron chi connectivity index (χ2n) is 5.28. The van der Waals surface area contributed by atoms with Gasteiger partial charge in [0.05, 0.1) is 13.0 Å². The van der Waals surface area contributed by atoms with E-state index in [-0.39, 0.29) is 30.9 Å². The van der Waals surface area contributed by atoms with E-state index in [0.29, 0.717) is 27.7 Å². The third-order valence-corrected chi connectivity index (χ3v) is 4.19. The van der Waals surface area contributed by atoms with Crippen LogP contribution in [0.25, 0.3) is 0 Å². The zero-order valence-corrected chi connectivity index (χ0v) is 15.1. The highest BCUT2D eigenvalue weighted by Gasteiger charge is 2.17. The van der Waals surface area contributed by atoms with Crippen molar-refractivity contribution in [2.75, 3.05) is 6.61 Å². The molecule has 1 heterocycles. The molecule has 5 nitrogen and oxygen atoms in total. The van der Waals surface area contributed by atoms with E-state index in [1.165, 1.54) is 6.07 Å². The summed E-state index contributed by atoms with van der Waals surface area (Å²) < 4.78 is 4.78. The molecule has 0 saturated heterocycles. The summed E-state index contributed by atoms with van der Waals surface area (Å²) in [4.78, 5) is 27.8. The van der Waals surface area contributed by atoms with E-state index in [4.69, 9.17) is 27.9 Å². The molecule has 0 aliphatic carbocycles. The minimum absolute atomic E-state index is 0.0611. The second kappa shape index (κ2) is 8.83. The van der Waals surface area contributed by atoms with Crippen molar-refractivity contribution in [2.24, 2.45) is 0 Å². The number of benzene rings is 1. The Bertz CT molecular complexity index is 772. The van der Waals surface area contributed by atoms with Gasteiger partial charge in [-0.2, -0.15) is 0 Å². The van der Waals surface area contributed by atoms with Crippen molar-refractivity contribution in [1.29, 1.82) is 0 Å². The lowest BCUT2D eigenvalue weighted by Crippen LogP contribution is -2.10. The van der Waals surface area contributed by atoms with Gasteiger partial charge in [-0.05, 0) is 36.8 Å². The fourth-order valence-electron chi connectivity index (χ4n) is 2.25. The van der Waals surface area contributed by atoms with E-state index in [2.05, 4.69) is 4.98 Å². The minimum Gasteiger partial charge on any atom is -0.506 e. The molecule has 7 heteroatoms. The number of ketones is 1. The third kappa shape index (κ3) is 5.18. The van der Waals surface area contributed by atoms with Crippen LogP contribution in [0.2, 0.25) is 10.0 Å². The predicted molar refractivity (Wildman–Crippen MR) is 95.4 cm³/mol. The summed E-state index contributed by atoms with van der Waals surface area (Å²) >= 11 is 12.3. The van der Waals surface area contributed by atoms with Crippen LogP contribution < -0.4 is 0 Å². The highest BCUT2D eigenvalue weighted by molar-refractivity contribution is 6.36. The first kappa shape index (κ1) is 19.2. The van der Waals surface area contributed by atoms with Crippen LogP contribution in [-0.2, 0) is 16.0 Å². The van der Waals surface area contributed by atoms with Crippen LogP contribution in [0.4, 0.5) is 0 Å². The molecule has 0 aliphatic rings. The van der Waals surface area contributed by atoms with E-state index in [1.54, 1.807) is 31.2 Å². The Morgan fingerprint density at radius 1 is 1.12 bits per heavy atom. The molecule has 132 valence electrons. The summed E-state index contributed by atoms with van der Waals surface area (Å²) in [6, 6.07) is 8.16. The molecule has 0 saturated carbocycles. The molecule has 1 N–H and O–H groups in total. The molecule has 1 aromatic carbocycles. The van der Waals surface area contributed by atoms with Crippen molar-refractivity contribution in [3.05, 3.63) is 57.3 Å². The zero-order chi connectivity index (χ0) is 18.4. The SMILES string of the molecule is CCOC(=O)CCC(=O)c1nc(Cc2c(Cl)cccc2Cl)ccc1O. The predicted octanol–water partition coefficient (Wildman–Crippen LogP) is 4.21. The summed E-state index contributed by atoms with van der Waals surface area (Å²) in [5, 5.41) is 10.9. The third-order valence-electron chi connectivity index (χ3n) is 3.48. The lowest BCUT2D eigenvalue weighted by atomic mass is 10.1. The number of halogens is 2. The van der Waals surface area contributed by atoms with E-state index >= 15 is 0 Å². The number of pyridine rings is 1. The normalized spacial score (nSPS) is 10.5. The fourth-order valence-corrected chi connectivity index (χ4v) is 2.78. The Kier molecular flexibility index (Phi) is 6.79. The van der Waals surface area contributed by atoms with Crippen molar-refractivity contribution in [1.82, 2.24) is 4.98 Å². The largest absolute Gasteiger partial charge is 0.506 e. The zero-order valence-electron chi connectivity index (χ0n) is 13.6. The van der Waals surface area contributed by atoms with Crippen LogP contribution in [0.5, 0.6) is 5.75 Å². The number of carbonyl (C=O) groups is 2. The van der Waals surface area contributed by atoms with E-state index < -0.39 is 11.8 Å². The molecule has 2 aromatic rings. The molecular formula is C18H17Cl2NO4. The van der Waals surface area contributed by atoms with Gasteiger partial charge in [0, 0.05) is 28.6 Å². The lowest BCUT2D eigenvalue weighted by molar-refractivity contribution is -0.143. The molecule has 0 radical (unpaired) electrons. The average molecular weight is 382 g/mol. The van der Waals surface area contributed by atoms with Crippen molar-refractivity contribution >= 4 is 35.0 Å². The summed E-state index contributed by atoms with van der Waals surface area (Å²) in [5.74, 6) is -1.13. The molecule has 1 aromatic heterocycles. The smallest absolute Gasteiger partial charge is 0.306 e. The first-order valence-corrected chi connectivity index (χ1v) is 8.48. The summed E-state index contributed by atoms with van der Waals surface area (Å²) in [6.07, 6.45) is 0.168. The maximum atomic E-state index is 12.2. The number of ether oxygens (including phenoxy) is 1. The monoisotopic (exact) mass is 381 g/mol. The topological polar surface area (TPSA) is 76.5 Å². The second-order valence-corrected chi connectivity index (χ2v) is 6.09. The lowest BCUT2D eigenvalue weighted by Gasteiger charge is -2.09. The Labute approximate surface area is 155 Å². The highest BCUT2D eigenvalue weighted by Crippen LogP contribution is 2.27. The molecule has 0 spiro atoms. The average Bonchev–Trinajstić information content (AvgIpc) is 2.58. The fraction of sp³-hybridized carbons (Fsp3) is 0.278. The van der Waals surface area contributed by atoms with Crippen LogP contribution >= 0.6 is 23.2 Å². The van der Waals surface area contributed by atoms with Crippen molar-refractivity contribution in [2.45, 2.75) is 26.2 Å². The Hall–Kier alpha value is -2.11. The first-order chi connectivity index (χ1) is 11.9.